The molecule has 0 saturated heterocycles. The van der Waals surface area contributed by atoms with Gasteiger partial charge < -0.3 is 9.84 Å². The van der Waals surface area contributed by atoms with Crippen LogP contribution < -0.4 is 5.32 Å². The highest BCUT2D eigenvalue weighted by Crippen LogP contribution is 2.32. The molecular formula is C20H18ClN3O4S. The van der Waals surface area contributed by atoms with Crippen LogP contribution in [-0.2, 0) is 27.8 Å². The van der Waals surface area contributed by atoms with E-state index in [0.717, 1.165) is 11.1 Å². The molecule has 2 heterocycles. The topological polar surface area (TPSA) is 92.5 Å². The van der Waals surface area contributed by atoms with Crippen LogP contribution in [0.4, 0.5) is 5.69 Å². The van der Waals surface area contributed by atoms with Crippen LogP contribution in [-0.4, -0.2) is 30.3 Å². The van der Waals surface area contributed by atoms with E-state index in [1.54, 1.807) is 24.3 Å². The standard InChI is InChI=1S/C20H18ClN3O4S/c1-13(25)22-16-6-8-17(9-7-16)29(26,27)24-11-10-18-19(12-24)23-28-20(18)14-2-4-15(21)5-3-14/h2-9H,10-12H2,1H3,(H,22,25). The lowest BCUT2D eigenvalue weighted by molar-refractivity contribution is -0.114. The summed E-state index contributed by atoms with van der Waals surface area (Å²) < 4.78 is 32.9. The molecule has 1 N–H and O–H groups in total. The van der Waals surface area contributed by atoms with Crippen LogP contribution in [0, 0.1) is 0 Å². The normalized spacial score (nSPS) is 14.4. The lowest BCUT2D eigenvalue weighted by atomic mass is 10.0. The van der Waals surface area contributed by atoms with Gasteiger partial charge in [0.25, 0.3) is 0 Å². The third-order valence-electron chi connectivity index (χ3n) is 4.73. The number of anilines is 1. The van der Waals surface area contributed by atoms with Gasteiger partial charge in [0.2, 0.25) is 15.9 Å². The Morgan fingerprint density at radius 3 is 2.48 bits per heavy atom. The van der Waals surface area contributed by atoms with E-state index in [9.17, 15) is 13.2 Å². The van der Waals surface area contributed by atoms with Crippen molar-refractivity contribution in [2.75, 3.05) is 11.9 Å². The fraction of sp³-hybridized carbons (Fsp3) is 0.200. The van der Waals surface area contributed by atoms with Crippen LogP contribution in [0.5, 0.6) is 0 Å². The summed E-state index contributed by atoms with van der Waals surface area (Å²) in [5.74, 6) is 0.431. The van der Waals surface area contributed by atoms with Crippen molar-refractivity contribution >= 4 is 33.2 Å². The molecule has 1 aromatic heterocycles. The minimum atomic E-state index is -3.69. The first-order valence-corrected chi connectivity index (χ1v) is 10.8. The number of hydrogen-bond acceptors (Lipinski definition) is 5. The van der Waals surface area contributed by atoms with Crippen LogP contribution in [0.2, 0.25) is 5.02 Å². The van der Waals surface area contributed by atoms with E-state index < -0.39 is 10.0 Å². The van der Waals surface area contributed by atoms with Gasteiger partial charge in [-0.2, -0.15) is 4.31 Å². The minimum absolute atomic E-state index is 0.141. The molecule has 0 atom stereocenters. The number of fused-ring (bicyclic) bond motifs is 1. The van der Waals surface area contributed by atoms with Gasteiger partial charge in [-0.25, -0.2) is 8.42 Å². The number of sulfonamides is 1. The van der Waals surface area contributed by atoms with Gasteiger partial charge in [-0.15, -0.1) is 0 Å². The van der Waals surface area contributed by atoms with Gasteiger partial charge in [-0.1, -0.05) is 16.8 Å². The Hall–Kier alpha value is -2.68. The first kappa shape index (κ1) is 19.6. The average molecular weight is 432 g/mol. The largest absolute Gasteiger partial charge is 0.356 e. The predicted octanol–water partition coefficient (Wildman–Crippen LogP) is 3.70. The molecule has 0 unspecified atom stereocenters. The zero-order valence-corrected chi connectivity index (χ0v) is 17.1. The van der Waals surface area contributed by atoms with E-state index in [4.69, 9.17) is 16.1 Å². The first-order valence-electron chi connectivity index (χ1n) is 8.96. The molecule has 0 spiro atoms. The zero-order chi connectivity index (χ0) is 20.6. The smallest absolute Gasteiger partial charge is 0.243 e. The summed E-state index contributed by atoms with van der Waals surface area (Å²) in [4.78, 5) is 11.3. The number of halogens is 1. The molecule has 0 aliphatic carbocycles. The number of nitrogens with zero attached hydrogens (tertiary/aromatic N) is 2. The fourth-order valence-corrected chi connectivity index (χ4v) is 4.83. The number of hydrogen-bond donors (Lipinski definition) is 1. The molecule has 1 aliphatic rings. The maximum atomic E-state index is 13.0. The highest BCUT2D eigenvalue weighted by Gasteiger charge is 2.32. The zero-order valence-electron chi connectivity index (χ0n) is 15.6. The third-order valence-corrected chi connectivity index (χ3v) is 6.84. The van der Waals surface area contributed by atoms with Crippen molar-refractivity contribution in [2.45, 2.75) is 24.8 Å². The second-order valence-electron chi connectivity index (χ2n) is 6.74. The molecule has 0 saturated carbocycles. The summed E-state index contributed by atoms with van der Waals surface area (Å²) in [5, 5.41) is 7.35. The second kappa shape index (κ2) is 7.62. The molecule has 0 fully saturated rings. The molecule has 29 heavy (non-hydrogen) atoms. The van der Waals surface area contributed by atoms with Crippen LogP contribution in [0.1, 0.15) is 18.2 Å². The Kier molecular flexibility index (Phi) is 5.16. The number of nitrogens with one attached hydrogen (secondary N) is 1. The van der Waals surface area contributed by atoms with E-state index in [2.05, 4.69) is 10.5 Å². The number of carbonyl (C=O) groups is 1. The molecule has 4 rings (SSSR count). The summed E-state index contributed by atoms with van der Waals surface area (Å²) in [6.45, 7) is 1.86. The van der Waals surface area contributed by atoms with Crippen molar-refractivity contribution in [1.82, 2.24) is 9.46 Å². The number of amides is 1. The third kappa shape index (κ3) is 3.91. The molecule has 150 valence electrons. The Bertz CT molecular complexity index is 1160. The average Bonchev–Trinajstić information content (AvgIpc) is 3.12. The van der Waals surface area contributed by atoms with Crippen LogP contribution >= 0.6 is 11.6 Å². The number of carbonyl (C=O) groups excluding carboxylic acids is 1. The van der Waals surface area contributed by atoms with Crippen LogP contribution in [0.15, 0.2) is 57.9 Å². The van der Waals surface area contributed by atoms with Crippen LogP contribution in [0.3, 0.4) is 0 Å². The highest BCUT2D eigenvalue weighted by molar-refractivity contribution is 7.89. The molecule has 1 amide bonds. The number of benzene rings is 2. The monoisotopic (exact) mass is 431 g/mol. The highest BCUT2D eigenvalue weighted by atomic mass is 35.5. The fourth-order valence-electron chi connectivity index (χ4n) is 3.30. The molecule has 0 radical (unpaired) electrons. The molecule has 7 nitrogen and oxygen atoms in total. The Morgan fingerprint density at radius 2 is 1.83 bits per heavy atom. The van der Waals surface area contributed by atoms with Crippen molar-refractivity contribution in [3.8, 4) is 11.3 Å². The molecule has 1 aliphatic heterocycles. The maximum Gasteiger partial charge on any atom is 0.243 e. The van der Waals surface area contributed by atoms with Crippen LogP contribution in [0.25, 0.3) is 11.3 Å². The van der Waals surface area contributed by atoms with Gasteiger partial charge in [0.15, 0.2) is 5.76 Å². The molecule has 0 bridgehead atoms. The SMILES string of the molecule is CC(=O)Nc1ccc(S(=O)(=O)N2CCc3c(noc3-c3ccc(Cl)cc3)C2)cc1. The van der Waals surface area contributed by atoms with Gasteiger partial charge >= 0.3 is 0 Å². The van der Waals surface area contributed by atoms with E-state index >= 15 is 0 Å². The number of aromatic nitrogens is 1. The van der Waals surface area contributed by atoms with Crippen molar-refractivity contribution in [2.24, 2.45) is 0 Å². The predicted molar refractivity (Wildman–Crippen MR) is 109 cm³/mol. The summed E-state index contributed by atoms with van der Waals surface area (Å²) in [6.07, 6.45) is 0.500. The van der Waals surface area contributed by atoms with E-state index in [1.165, 1.54) is 23.4 Å². The van der Waals surface area contributed by atoms with E-state index in [-0.39, 0.29) is 17.3 Å². The van der Waals surface area contributed by atoms with Gasteiger partial charge in [0.1, 0.15) is 5.69 Å². The van der Waals surface area contributed by atoms with E-state index in [0.29, 0.717) is 35.1 Å². The summed E-state index contributed by atoms with van der Waals surface area (Å²) >= 11 is 5.94. The maximum absolute atomic E-state index is 13.0. The second-order valence-corrected chi connectivity index (χ2v) is 9.11. The van der Waals surface area contributed by atoms with Gasteiger partial charge in [0.05, 0.1) is 11.4 Å². The van der Waals surface area contributed by atoms with Crippen molar-refractivity contribution in [3.05, 3.63) is 64.8 Å². The number of rotatable bonds is 4. The summed E-state index contributed by atoms with van der Waals surface area (Å²) in [6, 6.07) is 13.4. The lowest BCUT2D eigenvalue weighted by Gasteiger charge is -2.25. The molecule has 2 aromatic carbocycles. The molecule has 9 heteroatoms. The van der Waals surface area contributed by atoms with Gasteiger partial charge in [-0.05, 0) is 55.0 Å². The van der Waals surface area contributed by atoms with Crippen molar-refractivity contribution < 1.29 is 17.7 Å². The Morgan fingerprint density at radius 1 is 1.14 bits per heavy atom. The molecular weight excluding hydrogens is 414 g/mol. The minimum Gasteiger partial charge on any atom is -0.356 e. The van der Waals surface area contributed by atoms with Gasteiger partial charge in [-0.3, -0.25) is 4.79 Å². The first-order chi connectivity index (χ1) is 13.8. The molecule has 3 aromatic rings. The summed E-state index contributed by atoms with van der Waals surface area (Å²) in [5.41, 5.74) is 2.92. The van der Waals surface area contributed by atoms with Gasteiger partial charge in [0, 0.05) is 35.3 Å². The Labute approximate surface area is 173 Å². The quantitative estimate of drug-likeness (QED) is 0.679. The van der Waals surface area contributed by atoms with Crippen molar-refractivity contribution in [1.29, 1.82) is 0 Å². The summed E-state index contributed by atoms with van der Waals surface area (Å²) in [7, 11) is -3.69. The lowest BCUT2D eigenvalue weighted by Crippen LogP contribution is -2.36. The van der Waals surface area contributed by atoms with Crippen molar-refractivity contribution in [3.63, 3.8) is 0 Å². The van der Waals surface area contributed by atoms with E-state index in [1.807, 2.05) is 12.1 Å². The Balaban J connectivity index is 1.56.